The second kappa shape index (κ2) is 5.94. The molecule has 1 aliphatic carbocycles. The number of allylic oxidation sites excluding steroid dienone is 1. The molecule has 3 rings (SSSR count). The number of Topliss-reactive ketones (excluding diaryl/α,β-unsaturated/α-hetero) is 1. The van der Waals surface area contributed by atoms with E-state index in [4.69, 9.17) is 12.2 Å². The lowest BCUT2D eigenvalue weighted by Crippen LogP contribution is -2.47. The van der Waals surface area contributed by atoms with Crippen LogP contribution in [0.5, 0.6) is 5.75 Å². The first-order valence-corrected chi connectivity index (χ1v) is 8.88. The van der Waals surface area contributed by atoms with Crippen molar-refractivity contribution < 1.29 is 9.90 Å². The molecule has 22 heavy (non-hydrogen) atoms. The zero-order valence-corrected chi connectivity index (χ0v) is 15.8. The molecule has 0 saturated heterocycles. The quantitative estimate of drug-likeness (QED) is 0.644. The number of hydrogen-bond donors (Lipinski definition) is 2. The Kier molecular flexibility index (Phi) is 4.31. The summed E-state index contributed by atoms with van der Waals surface area (Å²) in [5.74, 6) is 0.238. The minimum Gasteiger partial charge on any atom is -0.506 e. The fraction of sp³-hybridized carbons (Fsp3) is 0.333. The molecule has 1 unspecified atom stereocenters. The number of phenolic OH excluding ortho intramolecular Hbond substituents is 1. The third-order valence-corrected chi connectivity index (χ3v) is 5.52. The Morgan fingerprint density at radius 1 is 1.36 bits per heavy atom. The van der Waals surface area contributed by atoms with Crippen molar-refractivity contribution in [2.45, 2.75) is 25.3 Å². The Bertz CT molecular complexity index is 718. The number of carbonyl (C=O) groups is 1. The van der Waals surface area contributed by atoms with E-state index < -0.39 is 6.04 Å². The molecule has 2 N–H and O–H groups in total. The molecule has 7 heteroatoms. The molecule has 0 bridgehead atoms. The second-order valence-electron chi connectivity index (χ2n) is 5.40. The Balaban J connectivity index is 2.19. The van der Waals surface area contributed by atoms with Crippen molar-refractivity contribution >= 4 is 55.0 Å². The van der Waals surface area contributed by atoms with Crippen LogP contribution < -0.4 is 5.32 Å². The van der Waals surface area contributed by atoms with Crippen LogP contribution in [0.25, 0.3) is 0 Å². The van der Waals surface area contributed by atoms with Crippen LogP contribution in [0.1, 0.15) is 30.9 Å². The number of carbonyl (C=O) groups excluding carboxylic acids is 1. The molecule has 0 saturated carbocycles. The van der Waals surface area contributed by atoms with Gasteiger partial charge in [0, 0.05) is 34.8 Å². The molecule has 0 fully saturated rings. The van der Waals surface area contributed by atoms with Crippen LogP contribution in [-0.4, -0.2) is 27.9 Å². The summed E-state index contributed by atoms with van der Waals surface area (Å²) in [6.45, 7) is 0. The van der Waals surface area contributed by atoms with Gasteiger partial charge in [-0.2, -0.15) is 0 Å². The lowest BCUT2D eigenvalue weighted by Gasteiger charge is -2.39. The van der Waals surface area contributed by atoms with E-state index in [0.29, 0.717) is 27.1 Å². The topological polar surface area (TPSA) is 52.6 Å². The molecule has 1 heterocycles. The fourth-order valence-electron chi connectivity index (χ4n) is 2.98. The first kappa shape index (κ1) is 16.0. The van der Waals surface area contributed by atoms with E-state index in [2.05, 4.69) is 37.2 Å². The van der Waals surface area contributed by atoms with E-state index in [1.165, 1.54) is 0 Å². The van der Waals surface area contributed by atoms with Crippen LogP contribution in [0.15, 0.2) is 32.3 Å². The number of thiocarbonyl (C=S) groups is 1. The van der Waals surface area contributed by atoms with E-state index in [-0.39, 0.29) is 11.5 Å². The SMILES string of the molecule is CN1C(=S)NC(c2cc(Br)cc(Br)c2O)C2=C1CCCC2=O. The summed E-state index contributed by atoms with van der Waals surface area (Å²) in [7, 11) is 1.87. The van der Waals surface area contributed by atoms with E-state index in [1.54, 1.807) is 6.07 Å². The molecule has 0 aromatic heterocycles. The van der Waals surface area contributed by atoms with Gasteiger partial charge in [-0.25, -0.2) is 0 Å². The number of halogens is 2. The molecule has 4 nitrogen and oxygen atoms in total. The maximum Gasteiger partial charge on any atom is 0.173 e. The summed E-state index contributed by atoms with van der Waals surface area (Å²) in [5.41, 5.74) is 2.31. The summed E-state index contributed by atoms with van der Waals surface area (Å²) in [5, 5.41) is 14.2. The highest BCUT2D eigenvalue weighted by Gasteiger charge is 2.37. The molecule has 1 aliphatic heterocycles. The number of ketones is 1. The summed E-state index contributed by atoms with van der Waals surface area (Å²) in [4.78, 5) is 14.3. The zero-order valence-electron chi connectivity index (χ0n) is 11.8. The van der Waals surface area contributed by atoms with E-state index in [1.807, 2.05) is 18.0 Å². The monoisotopic (exact) mass is 444 g/mol. The summed E-state index contributed by atoms with van der Waals surface area (Å²) in [6.07, 6.45) is 2.20. The van der Waals surface area contributed by atoms with Gasteiger partial charge in [0.1, 0.15) is 5.75 Å². The third kappa shape index (κ3) is 2.59. The van der Waals surface area contributed by atoms with Crippen molar-refractivity contribution in [3.8, 4) is 5.75 Å². The highest BCUT2D eigenvalue weighted by molar-refractivity contribution is 9.11. The van der Waals surface area contributed by atoms with Gasteiger partial charge in [-0.3, -0.25) is 4.79 Å². The van der Waals surface area contributed by atoms with Crippen molar-refractivity contribution in [1.82, 2.24) is 10.2 Å². The molecule has 116 valence electrons. The number of hydrogen-bond acceptors (Lipinski definition) is 3. The predicted molar refractivity (Wildman–Crippen MR) is 95.6 cm³/mol. The second-order valence-corrected chi connectivity index (χ2v) is 7.56. The fourth-order valence-corrected chi connectivity index (χ4v) is 4.46. The van der Waals surface area contributed by atoms with Crippen molar-refractivity contribution in [1.29, 1.82) is 0 Å². The molecule has 1 aromatic carbocycles. The van der Waals surface area contributed by atoms with Gasteiger partial charge in [-0.05, 0) is 53.1 Å². The Labute approximate surface area is 150 Å². The normalized spacial score (nSPS) is 21.8. The molecular weight excluding hydrogens is 432 g/mol. The smallest absolute Gasteiger partial charge is 0.173 e. The van der Waals surface area contributed by atoms with Crippen LogP contribution in [0.2, 0.25) is 0 Å². The standard InChI is InChI=1S/C15H14Br2N2O2S/c1-19-10-3-2-4-11(20)12(10)13(18-15(19)22)8-5-7(16)6-9(17)14(8)21/h5-6,13,21H,2-4H2,1H3,(H,18,22). The van der Waals surface area contributed by atoms with Gasteiger partial charge in [-0.1, -0.05) is 15.9 Å². The molecule has 1 aromatic rings. The highest BCUT2D eigenvalue weighted by Crippen LogP contribution is 2.42. The average Bonchev–Trinajstić information content (AvgIpc) is 2.47. The van der Waals surface area contributed by atoms with Crippen LogP contribution >= 0.6 is 44.1 Å². The van der Waals surface area contributed by atoms with Gasteiger partial charge in [-0.15, -0.1) is 0 Å². The zero-order chi connectivity index (χ0) is 16.0. The van der Waals surface area contributed by atoms with Gasteiger partial charge >= 0.3 is 0 Å². The van der Waals surface area contributed by atoms with Crippen LogP contribution in [0, 0.1) is 0 Å². The summed E-state index contributed by atoms with van der Waals surface area (Å²) >= 11 is 12.2. The van der Waals surface area contributed by atoms with E-state index in [9.17, 15) is 9.90 Å². The third-order valence-electron chi connectivity index (χ3n) is 4.06. The maximum atomic E-state index is 12.5. The summed E-state index contributed by atoms with van der Waals surface area (Å²) in [6, 6.07) is 3.17. The van der Waals surface area contributed by atoms with Gasteiger partial charge in [0.05, 0.1) is 10.5 Å². The van der Waals surface area contributed by atoms with Gasteiger partial charge in [0.25, 0.3) is 0 Å². The summed E-state index contributed by atoms with van der Waals surface area (Å²) < 4.78 is 1.40. The molecule has 1 atom stereocenters. The van der Waals surface area contributed by atoms with Gasteiger partial charge < -0.3 is 15.3 Å². The number of rotatable bonds is 1. The van der Waals surface area contributed by atoms with Crippen LogP contribution in [-0.2, 0) is 4.79 Å². The van der Waals surface area contributed by atoms with E-state index >= 15 is 0 Å². The number of nitrogens with zero attached hydrogens (tertiary/aromatic N) is 1. The van der Waals surface area contributed by atoms with Gasteiger partial charge in [0.2, 0.25) is 0 Å². The van der Waals surface area contributed by atoms with Crippen molar-refractivity contribution in [3.63, 3.8) is 0 Å². The molecular formula is C15H14Br2N2O2S. The molecule has 0 amide bonds. The maximum absolute atomic E-state index is 12.5. The Morgan fingerprint density at radius 3 is 2.82 bits per heavy atom. The number of benzene rings is 1. The average molecular weight is 446 g/mol. The largest absolute Gasteiger partial charge is 0.506 e. The molecule has 2 aliphatic rings. The molecule has 0 spiro atoms. The van der Waals surface area contributed by atoms with Crippen molar-refractivity contribution in [3.05, 3.63) is 37.9 Å². The van der Waals surface area contributed by atoms with Gasteiger partial charge in [0.15, 0.2) is 10.9 Å². The van der Waals surface area contributed by atoms with Crippen LogP contribution in [0.4, 0.5) is 0 Å². The highest BCUT2D eigenvalue weighted by atomic mass is 79.9. The lowest BCUT2D eigenvalue weighted by molar-refractivity contribution is -0.116. The Hall–Kier alpha value is -0.920. The minimum atomic E-state index is -0.416. The number of aromatic hydroxyl groups is 1. The Morgan fingerprint density at radius 2 is 2.09 bits per heavy atom. The lowest BCUT2D eigenvalue weighted by atomic mass is 9.84. The van der Waals surface area contributed by atoms with E-state index in [0.717, 1.165) is 23.0 Å². The first-order chi connectivity index (χ1) is 10.4. The van der Waals surface area contributed by atoms with Crippen molar-refractivity contribution in [2.24, 2.45) is 0 Å². The molecule has 0 radical (unpaired) electrons. The predicted octanol–water partition coefficient (Wildman–Crippen LogP) is 3.79. The first-order valence-electron chi connectivity index (χ1n) is 6.88. The minimum absolute atomic E-state index is 0.114. The van der Waals surface area contributed by atoms with Crippen molar-refractivity contribution in [2.75, 3.05) is 7.05 Å². The number of phenols is 1. The number of nitrogens with one attached hydrogen (secondary N) is 1. The van der Waals surface area contributed by atoms with Crippen LogP contribution in [0.3, 0.4) is 0 Å².